The van der Waals surface area contributed by atoms with Crippen molar-refractivity contribution in [2.75, 3.05) is 0 Å². The summed E-state index contributed by atoms with van der Waals surface area (Å²) in [5.74, 6) is 0.750. The van der Waals surface area contributed by atoms with Crippen molar-refractivity contribution >= 4 is 45.9 Å². The van der Waals surface area contributed by atoms with E-state index in [0.717, 1.165) is 27.9 Å². The van der Waals surface area contributed by atoms with Crippen LogP contribution in [0.3, 0.4) is 0 Å². The lowest BCUT2D eigenvalue weighted by Gasteiger charge is -2.14. The van der Waals surface area contributed by atoms with E-state index in [1.165, 1.54) is 11.8 Å². The molecule has 0 aliphatic rings. The fourth-order valence-electron chi connectivity index (χ4n) is 3.82. The van der Waals surface area contributed by atoms with Crippen LogP contribution in [0, 0.1) is 0 Å². The van der Waals surface area contributed by atoms with E-state index in [9.17, 15) is 4.79 Å². The number of hydrogen-bond acceptors (Lipinski definition) is 4. The Morgan fingerprint density at radius 1 is 0.970 bits per heavy atom. The molecule has 8 heteroatoms. The Bertz CT molecular complexity index is 1530. The number of pyridine rings is 1. The third-order valence-corrected chi connectivity index (χ3v) is 6.98. The molecule has 2 aromatic heterocycles. The second-order valence-electron chi connectivity index (χ2n) is 7.35. The summed E-state index contributed by atoms with van der Waals surface area (Å²) < 4.78 is 2.00. The summed E-state index contributed by atoms with van der Waals surface area (Å²) in [6.07, 6.45) is 0. The zero-order valence-corrected chi connectivity index (χ0v) is 19.9. The van der Waals surface area contributed by atoms with Gasteiger partial charge in [0.15, 0.2) is 11.0 Å². The average molecular weight is 493 g/mol. The highest BCUT2D eigenvalue weighted by atomic mass is 35.5. The number of H-pyrrole nitrogens is 1. The Balaban J connectivity index is 1.74. The molecule has 0 fully saturated rings. The number of benzene rings is 3. The van der Waals surface area contributed by atoms with Crippen LogP contribution < -0.4 is 5.56 Å². The van der Waals surface area contributed by atoms with Gasteiger partial charge in [-0.2, -0.15) is 0 Å². The molecule has 0 amide bonds. The van der Waals surface area contributed by atoms with Gasteiger partial charge in [0.2, 0.25) is 0 Å². The topological polar surface area (TPSA) is 63.6 Å². The first kappa shape index (κ1) is 21.8. The molecule has 0 spiro atoms. The molecule has 5 rings (SSSR count). The van der Waals surface area contributed by atoms with Crippen molar-refractivity contribution in [3.8, 4) is 22.5 Å². The molecular weight excluding hydrogens is 475 g/mol. The van der Waals surface area contributed by atoms with Crippen molar-refractivity contribution < 1.29 is 0 Å². The van der Waals surface area contributed by atoms with Gasteiger partial charge in [0.1, 0.15) is 0 Å². The van der Waals surface area contributed by atoms with Gasteiger partial charge in [0.05, 0.1) is 4.90 Å². The highest BCUT2D eigenvalue weighted by Gasteiger charge is 2.21. The lowest BCUT2D eigenvalue weighted by molar-refractivity contribution is 0.687. The third kappa shape index (κ3) is 4.06. The summed E-state index contributed by atoms with van der Waals surface area (Å²) in [6.45, 7) is 2.68. The van der Waals surface area contributed by atoms with E-state index >= 15 is 0 Å². The Labute approximate surface area is 204 Å². The minimum Gasteiger partial charge on any atom is -0.321 e. The number of rotatable bonds is 5. The normalized spacial score (nSPS) is 11.2. The average Bonchev–Trinajstić information content (AvgIpc) is 3.24. The van der Waals surface area contributed by atoms with Gasteiger partial charge in [0.25, 0.3) is 5.56 Å². The summed E-state index contributed by atoms with van der Waals surface area (Å²) in [5.41, 5.74) is 2.90. The molecule has 0 aliphatic carbocycles. The van der Waals surface area contributed by atoms with E-state index in [4.69, 9.17) is 23.2 Å². The molecule has 0 bridgehead atoms. The van der Waals surface area contributed by atoms with Crippen LogP contribution in [0.4, 0.5) is 0 Å². The Hall–Kier alpha value is -3.06. The van der Waals surface area contributed by atoms with E-state index in [-0.39, 0.29) is 5.56 Å². The van der Waals surface area contributed by atoms with E-state index in [2.05, 4.69) is 15.2 Å². The molecule has 1 N–H and O–H groups in total. The van der Waals surface area contributed by atoms with Crippen molar-refractivity contribution in [2.24, 2.45) is 0 Å². The highest BCUT2D eigenvalue weighted by molar-refractivity contribution is 7.99. The maximum absolute atomic E-state index is 13.3. The largest absolute Gasteiger partial charge is 0.321 e. The minimum absolute atomic E-state index is 0.225. The predicted molar refractivity (Wildman–Crippen MR) is 135 cm³/mol. The SMILES string of the molecule is CCn1c(Sc2c(-c3ccccc3Cl)c3cc(Cl)ccc3[nH]c2=O)nnc1-c1ccccc1. The molecule has 0 radical (unpaired) electrons. The number of nitrogens with one attached hydrogen (secondary N) is 1. The summed E-state index contributed by atoms with van der Waals surface area (Å²) in [4.78, 5) is 16.8. The molecule has 0 aliphatic heterocycles. The second-order valence-corrected chi connectivity index (χ2v) is 9.17. The zero-order valence-electron chi connectivity index (χ0n) is 17.5. The first-order chi connectivity index (χ1) is 16.1. The van der Waals surface area contributed by atoms with Crippen LogP contribution in [0.5, 0.6) is 0 Å². The van der Waals surface area contributed by atoms with E-state index < -0.39 is 0 Å². The molecule has 5 aromatic rings. The van der Waals surface area contributed by atoms with Gasteiger partial charge in [-0.15, -0.1) is 10.2 Å². The van der Waals surface area contributed by atoms with Gasteiger partial charge in [-0.3, -0.25) is 4.79 Å². The van der Waals surface area contributed by atoms with Crippen LogP contribution in [0.25, 0.3) is 33.4 Å². The first-order valence-electron chi connectivity index (χ1n) is 10.3. The molecule has 164 valence electrons. The number of halogens is 2. The van der Waals surface area contributed by atoms with Gasteiger partial charge in [-0.25, -0.2) is 0 Å². The smallest absolute Gasteiger partial charge is 0.263 e. The highest BCUT2D eigenvalue weighted by Crippen LogP contribution is 2.41. The summed E-state index contributed by atoms with van der Waals surface area (Å²) in [7, 11) is 0. The summed E-state index contributed by atoms with van der Waals surface area (Å²) in [6, 6.07) is 22.7. The monoisotopic (exact) mass is 492 g/mol. The van der Waals surface area contributed by atoms with Gasteiger partial charge >= 0.3 is 0 Å². The van der Waals surface area contributed by atoms with E-state index in [1.807, 2.05) is 72.2 Å². The molecule has 2 heterocycles. The van der Waals surface area contributed by atoms with Crippen LogP contribution in [0.15, 0.2) is 87.6 Å². The minimum atomic E-state index is -0.225. The van der Waals surface area contributed by atoms with E-state index in [0.29, 0.717) is 32.2 Å². The van der Waals surface area contributed by atoms with Gasteiger partial charge < -0.3 is 9.55 Å². The fraction of sp³-hybridized carbons (Fsp3) is 0.0800. The lowest BCUT2D eigenvalue weighted by Crippen LogP contribution is -2.11. The van der Waals surface area contributed by atoms with Crippen LogP contribution in [-0.4, -0.2) is 19.7 Å². The second kappa shape index (κ2) is 9.06. The standard InChI is InChI=1S/C25H18Cl2N4OS/c1-2-31-23(15-8-4-3-5-9-15)29-30-25(31)33-22-21(17-10-6-7-11-19(17)27)18-14-16(26)12-13-20(18)28-24(22)32/h3-14H,2H2,1H3,(H,28,32). The predicted octanol–water partition coefficient (Wildman–Crippen LogP) is 6.93. The number of nitrogens with zero attached hydrogens (tertiary/aromatic N) is 3. The number of aromatic amines is 1. The summed E-state index contributed by atoms with van der Waals surface area (Å²) in [5, 5.41) is 11.4. The molecule has 0 saturated carbocycles. The van der Waals surface area contributed by atoms with Gasteiger partial charge in [0, 0.05) is 44.2 Å². The molecule has 33 heavy (non-hydrogen) atoms. The maximum atomic E-state index is 13.3. The van der Waals surface area contributed by atoms with Crippen molar-refractivity contribution in [1.82, 2.24) is 19.7 Å². The molecule has 0 atom stereocenters. The zero-order chi connectivity index (χ0) is 22.9. The quantitative estimate of drug-likeness (QED) is 0.288. The number of fused-ring (bicyclic) bond motifs is 1. The van der Waals surface area contributed by atoms with Gasteiger partial charge in [-0.05, 0) is 43.0 Å². The van der Waals surface area contributed by atoms with Crippen LogP contribution in [-0.2, 0) is 6.54 Å². The fourth-order valence-corrected chi connectivity index (χ4v) is 5.28. The Morgan fingerprint density at radius 2 is 1.73 bits per heavy atom. The summed E-state index contributed by atoms with van der Waals surface area (Å²) >= 11 is 14.2. The number of hydrogen-bond donors (Lipinski definition) is 1. The molecule has 0 saturated heterocycles. The van der Waals surface area contributed by atoms with Crippen LogP contribution in [0.2, 0.25) is 10.0 Å². The van der Waals surface area contributed by atoms with Crippen molar-refractivity contribution in [3.63, 3.8) is 0 Å². The van der Waals surface area contributed by atoms with E-state index in [1.54, 1.807) is 12.1 Å². The first-order valence-corrected chi connectivity index (χ1v) is 11.9. The molecule has 5 nitrogen and oxygen atoms in total. The molecule has 0 unspecified atom stereocenters. The van der Waals surface area contributed by atoms with Gasteiger partial charge in [-0.1, -0.05) is 71.7 Å². The molecular formula is C25H18Cl2N4OS. The molecule has 3 aromatic carbocycles. The third-order valence-electron chi connectivity index (χ3n) is 5.33. The lowest BCUT2D eigenvalue weighted by atomic mass is 10.0. The van der Waals surface area contributed by atoms with Crippen molar-refractivity contribution in [2.45, 2.75) is 23.5 Å². The van der Waals surface area contributed by atoms with Crippen LogP contribution >= 0.6 is 35.0 Å². The Kier molecular flexibility index (Phi) is 5.98. The van der Waals surface area contributed by atoms with Crippen LogP contribution in [0.1, 0.15) is 6.92 Å². The van der Waals surface area contributed by atoms with Crippen molar-refractivity contribution in [1.29, 1.82) is 0 Å². The number of aromatic nitrogens is 4. The Morgan fingerprint density at radius 3 is 2.48 bits per heavy atom. The van der Waals surface area contributed by atoms with Crippen molar-refractivity contribution in [3.05, 3.63) is 93.2 Å². The maximum Gasteiger partial charge on any atom is 0.263 e.